The summed E-state index contributed by atoms with van der Waals surface area (Å²) in [7, 11) is 0. The molecule has 0 unspecified atom stereocenters. The van der Waals surface area contributed by atoms with Gasteiger partial charge in [-0.25, -0.2) is 9.59 Å². The van der Waals surface area contributed by atoms with Crippen molar-refractivity contribution in [2.24, 2.45) is 0 Å². The molecule has 152 valence electrons. The molecule has 1 aliphatic heterocycles. The van der Waals surface area contributed by atoms with Crippen LogP contribution in [0.15, 0.2) is 52.5 Å². The average Bonchev–Trinajstić information content (AvgIpc) is 2.63. The molecule has 2 aromatic rings. The third-order valence-electron chi connectivity index (χ3n) is 3.98. The van der Waals surface area contributed by atoms with E-state index in [0.717, 1.165) is 10.0 Å². The number of rotatable bonds is 6. The molecule has 1 aliphatic rings. The van der Waals surface area contributed by atoms with E-state index < -0.39 is 17.7 Å². The third kappa shape index (κ3) is 5.38. The second-order valence-electron chi connectivity index (χ2n) is 6.79. The fraction of sp³-hybridized carbons (Fsp3) is 0.273. The Morgan fingerprint density at radius 3 is 2.38 bits per heavy atom. The predicted molar refractivity (Wildman–Crippen MR) is 110 cm³/mol. The van der Waals surface area contributed by atoms with Gasteiger partial charge in [0.25, 0.3) is 5.79 Å². The molecule has 0 aliphatic carbocycles. The predicted octanol–water partition coefficient (Wildman–Crippen LogP) is 4.65. The molecular weight excluding hydrogens is 440 g/mol. The number of carbonyl (C=O) groups is 2. The second kappa shape index (κ2) is 8.69. The molecule has 7 heteroatoms. The lowest BCUT2D eigenvalue weighted by atomic mass is 10.1. The highest BCUT2D eigenvalue weighted by Crippen LogP contribution is 2.31. The van der Waals surface area contributed by atoms with Crippen LogP contribution in [0.5, 0.6) is 11.5 Å². The zero-order valence-electron chi connectivity index (χ0n) is 16.4. The highest BCUT2D eigenvalue weighted by atomic mass is 79.9. The first-order chi connectivity index (χ1) is 13.8. The Bertz CT molecular complexity index is 942. The summed E-state index contributed by atoms with van der Waals surface area (Å²) in [6.45, 7) is 5.68. The normalized spacial score (nSPS) is 15.4. The first kappa shape index (κ1) is 20.9. The maximum atomic E-state index is 12.1. The Balaban J connectivity index is 1.82. The second-order valence-corrected chi connectivity index (χ2v) is 7.71. The summed E-state index contributed by atoms with van der Waals surface area (Å²) >= 11 is 3.44. The van der Waals surface area contributed by atoms with E-state index in [0.29, 0.717) is 30.3 Å². The SMILES string of the molecule is CCOc1cc(C=C2C(=O)OC(C)(C)OC2=O)ccc1OCc1cccc(Br)c1. The van der Waals surface area contributed by atoms with E-state index in [-0.39, 0.29) is 5.57 Å². The lowest BCUT2D eigenvalue weighted by Crippen LogP contribution is -2.41. The quantitative estimate of drug-likeness (QED) is 0.355. The fourth-order valence-corrected chi connectivity index (χ4v) is 3.18. The molecule has 0 aromatic heterocycles. The van der Waals surface area contributed by atoms with Crippen LogP contribution in [-0.4, -0.2) is 24.3 Å². The van der Waals surface area contributed by atoms with Gasteiger partial charge in [-0.15, -0.1) is 0 Å². The Labute approximate surface area is 177 Å². The van der Waals surface area contributed by atoms with Crippen LogP contribution < -0.4 is 9.47 Å². The monoisotopic (exact) mass is 460 g/mol. The standard InChI is InChI=1S/C22H21BrO6/c1-4-26-19-12-14(11-17-20(24)28-22(2,3)29-21(17)25)8-9-18(19)27-13-15-6-5-7-16(23)10-15/h5-12H,4,13H2,1-3H3. The van der Waals surface area contributed by atoms with Crippen LogP contribution in [0.25, 0.3) is 6.08 Å². The number of hydrogen-bond donors (Lipinski definition) is 0. The summed E-state index contributed by atoms with van der Waals surface area (Å²) in [5.74, 6) is -1.65. The summed E-state index contributed by atoms with van der Waals surface area (Å²) in [6, 6.07) is 13.0. The number of carbonyl (C=O) groups excluding carboxylic acids is 2. The molecule has 0 saturated carbocycles. The lowest BCUT2D eigenvalue weighted by Gasteiger charge is -2.29. The molecule has 0 radical (unpaired) electrons. The summed E-state index contributed by atoms with van der Waals surface area (Å²) in [6.07, 6.45) is 1.42. The number of esters is 2. The zero-order chi connectivity index (χ0) is 21.0. The van der Waals surface area contributed by atoms with E-state index in [1.54, 1.807) is 18.2 Å². The van der Waals surface area contributed by atoms with Crippen LogP contribution in [0.3, 0.4) is 0 Å². The van der Waals surface area contributed by atoms with Crippen molar-refractivity contribution in [1.29, 1.82) is 0 Å². The minimum absolute atomic E-state index is 0.172. The van der Waals surface area contributed by atoms with Gasteiger partial charge in [-0.05, 0) is 48.4 Å². The smallest absolute Gasteiger partial charge is 0.348 e. The molecular formula is C22H21BrO6. The van der Waals surface area contributed by atoms with Gasteiger partial charge in [0.2, 0.25) is 0 Å². The number of halogens is 1. The van der Waals surface area contributed by atoms with Gasteiger partial charge >= 0.3 is 11.9 Å². The van der Waals surface area contributed by atoms with E-state index >= 15 is 0 Å². The molecule has 0 spiro atoms. The van der Waals surface area contributed by atoms with Gasteiger partial charge in [0.15, 0.2) is 11.5 Å². The first-order valence-electron chi connectivity index (χ1n) is 9.10. The molecule has 0 atom stereocenters. The van der Waals surface area contributed by atoms with Gasteiger partial charge in [0, 0.05) is 18.3 Å². The Morgan fingerprint density at radius 1 is 1.00 bits per heavy atom. The highest BCUT2D eigenvalue weighted by molar-refractivity contribution is 9.10. The maximum absolute atomic E-state index is 12.1. The summed E-state index contributed by atoms with van der Waals surface area (Å²) < 4.78 is 22.8. The first-order valence-corrected chi connectivity index (χ1v) is 9.89. The van der Waals surface area contributed by atoms with E-state index in [1.165, 1.54) is 19.9 Å². The number of benzene rings is 2. The van der Waals surface area contributed by atoms with Crippen molar-refractivity contribution in [2.45, 2.75) is 33.2 Å². The van der Waals surface area contributed by atoms with Gasteiger partial charge in [0.05, 0.1) is 6.61 Å². The largest absolute Gasteiger partial charge is 0.490 e. The molecule has 0 bridgehead atoms. The van der Waals surface area contributed by atoms with Gasteiger partial charge in [0.1, 0.15) is 12.2 Å². The number of cyclic esters (lactones) is 2. The molecule has 0 amide bonds. The molecule has 6 nitrogen and oxygen atoms in total. The van der Waals surface area contributed by atoms with Gasteiger partial charge in [-0.3, -0.25) is 0 Å². The minimum Gasteiger partial charge on any atom is -0.490 e. The van der Waals surface area contributed by atoms with Gasteiger partial charge in [-0.2, -0.15) is 0 Å². The molecule has 1 saturated heterocycles. The van der Waals surface area contributed by atoms with Crippen molar-refractivity contribution in [3.63, 3.8) is 0 Å². The molecule has 29 heavy (non-hydrogen) atoms. The van der Waals surface area contributed by atoms with E-state index in [4.69, 9.17) is 18.9 Å². The van der Waals surface area contributed by atoms with Crippen molar-refractivity contribution >= 4 is 33.9 Å². The summed E-state index contributed by atoms with van der Waals surface area (Å²) in [4.78, 5) is 24.3. The van der Waals surface area contributed by atoms with Crippen LogP contribution in [0.4, 0.5) is 0 Å². The highest BCUT2D eigenvalue weighted by Gasteiger charge is 2.38. The van der Waals surface area contributed by atoms with Gasteiger partial charge < -0.3 is 18.9 Å². The lowest BCUT2D eigenvalue weighted by molar-refractivity contribution is -0.222. The van der Waals surface area contributed by atoms with Crippen molar-refractivity contribution in [3.05, 3.63) is 63.6 Å². The van der Waals surface area contributed by atoms with Gasteiger partial charge in [-0.1, -0.05) is 34.1 Å². The number of hydrogen-bond acceptors (Lipinski definition) is 6. The van der Waals surface area contributed by atoms with Crippen molar-refractivity contribution in [1.82, 2.24) is 0 Å². The average molecular weight is 461 g/mol. The van der Waals surface area contributed by atoms with Crippen LogP contribution in [0.2, 0.25) is 0 Å². The Kier molecular flexibility index (Phi) is 6.27. The molecule has 1 fully saturated rings. The fourth-order valence-electron chi connectivity index (χ4n) is 2.73. The molecule has 0 N–H and O–H groups in total. The van der Waals surface area contributed by atoms with Crippen LogP contribution >= 0.6 is 15.9 Å². The minimum atomic E-state index is -1.27. The molecule has 1 heterocycles. The van der Waals surface area contributed by atoms with E-state index in [1.807, 2.05) is 31.2 Å². The van der Waals surface area contributed by atoms with E-state index in [2.05, 4.69) is 15.9 Å². The Hall–Kier alpha value is -2.80. The summed E-state index contributed by atoms with van der Waals surface area (Å²) in [5.41, 5.74) is 1.42. The van der Waals surface area contributed by atoms with Crippen molar-refractivity contribution in [3.8, 4) is 11.5 Å². The molecule has 3 rings (SSSR count). The van der Waals surface area contributed by atoms with Crippen LogP contribution in [0, 0.1) is 0 Å². The van der Waals surface area contributed by atoms with E-state index in [9.17, 15) is 9.59 Å². The zero-order valence-corrected chi connectivity index (χ0v) is 17.9. The van der Waals surface area contributed by atoms with Crippen LogP contribution in [0.1, 0.15) is 31.9 Å². The maximum Gasteiger partial charge on any atom is 0.348 e. The van der Waals surface area contributed by atoms with Crippen molar-refractivity contribution < 1.29 is 28.5 Å². The van der Waals surface area contributed by atoms with Crippen LogP contribution in [-0.2, 0) is 25.7 Å². The Morgan fingerprint density at radius 2 is 1.72 bits per heavy atom. The summed E-state index contributed by atoms with van der Waals surface area (Å²) in [5, 5.41) is 0. The number of ether oxygens (including phenoxy) is 4. The molecule has 2 aromatic carbocycles. The van der Waals surface area contributed by atoms with Crippen molar-refractivity contribution in [2.75, 3.05) is 6.61 Å². The third-order valence-corrected chi connectivity index (χ3v) is 4.47. The topological polar surface area (TPSA) is 71.1 Å².